The summed E-state index contributed by atoms with van der Waals surface area (Å²) >= 11 is 5.81. The van der Waals surface area contributed by atoms with Gasteiger partial charge in [-0.05, 0) is 25.2 Å². The van der Waals surface area contributed by atoms with E-state index in [9.17, 15) is 9.59 Å². The maximum absolute atomic E-state index is 11.8. The Hall–Kier alpha value is -1.79. The van der Waals surface area contributed by atoms with Crippen LogP contribution in [-0.4, -0.2) is 55.8 Å². The number of nitrogens with two attached hydrogens (primary N) is 1. The Morgan fingerprint density at radius 1 is 1.29 bits per heavy atom. The molecule has 0 spiro atoms. The summed E-state index contributed by atoms with van der Waals surface area (Å²) in [5, 5.41) is 3.20. The minimum Gasteiger partial charge on any atom is -0.397 e. The van der Waals surface area contributed by atoms with Gasteiger partial charge in [-0.15, -0.1) is 0 Å². The average Bonchev–Trinajstić information content (AvgIpc) is 2.40. The molecule has 0 fully saturated rings. The number of nitrogen functional groups attached to an aromatic ring is 1. The SMILES string of the molecule is CN(CCC(=O)Nc1ccc(Cl)c(N)c1)CC(=O)N(C)C. The van der Waals surface area contributed by atoms with E-state index in [0.29, 0.717) is 29.4 Å². The number of hydrogen-bond donors (Lipinski definition) is 2. The van der Waals surface area contributed by atoms with Gasteiger partial charge in [-0.3, -0.25) is 14.5 Å². The first-order valence-corrected chi connectivity index (χ1v) is 6.91. The molecule has 3 N–H and O–H groups in total. The minimum absolute atomic E-state index is 0.00313. The molecular formula is C14H21ClN4O2. The van der Waals surface area contributed by atoms with Crippen molar-refractivity contribution >= 4 is 34.8 Å². The van der Waals surface area contributed by atoms with E-state index in [1.54, 1.807) is 44.2 Å². The van der Waals surface area contributed by atoms with Crippen LogP contribution in [-0.2, 0) is 9.59 Å². The fourth-order valence-corrected chi connectivity index (χ4v) is 1.71. The Balaban J connectivity index is 2.40. The van der Waals surface area contributed by atoms with Gasteiger partial charge in [0.2, 0.25) is 11.8 Å². The highest BCUT2D eigenvalue weighted by molar-refractivity contribution is 6.33. The second-order valence-corrected chi connectivity index (χ2v) is 5.47. The third kappa shape index (κ3) is 6.01. The van der Waals surface area contributed by atoms with E-state index in [1.165, 1.54) is 4.90 Å². The van der Waals surface area contributed by atoms with Crippen molar-refractivity contribution in [1.29, 1.82) is 0 Å². The molecule has 0 bridgehead atoms. The van der Waals surface area contributed by atoms with Crippen LogP contribution in [0, 0.1) is 0 Å². The normalized spacial score (nSPS) is 10.5. The molecule has 7 heteroatoms. The van der Waals surface area contributed by atoms with Gasteiger partial charge in [-0.2, -0.15) is 0 Å². The van der Waals surface area contributed by atoms with Gasteiger partial charge in [0.25, 0.3) is 0 Å². The molecule has 0 heterocycles. The van der Waals surface area contributed by atoms with Crippen LogP contribution in [0.15, 0.2) is 18.2 Å². The third-order valence-corrected chi connectivity index (χ3v) is 3.25. The predicted octanol–water partition coefficient (Wildman–Crippen LogP) is 1.27. The molecule has 6 nitrogen and oxygen atoms in total. The van der Waals surface area contributed by atoms with E-state index in [4.69, 9.17) is 17.3 Å². The topological polar surface area (TPSA) is 78.7 Å². The van der Waals surface area contributed by atoms with Crippen molar-refractivity contribution in [2.24, 2.45) is 0 Å². The van der Waals surface area contributed by atoms with Crippen LogP contribution in [0.25, 0.3) is 0 Å². The summed E-state index contributed by atoms with van der Waals surface area (Å²) in [7, 11) is 5.20. The van der Waals surface area contributed by atoms with Gasteiger partial charge in [0.05, 0.1) is 17.3 Å². The first kappa shape index (κ1) is 17.3. The number of rotatable bonds is 6. The van der Waals surface area contributed by atoms with Gasteiger partial charge in [0, 0.05) is 32.7 Å². The lowest BCUT2D eigenvalue weighted by atomic mass is 10.2. The molecule has 0 atom stereocenters. The van der Waals surface area contributed by atoms with Crippen LogP contribution >= 0.6 is 11.6 Å². The fraction of sp³-hybridized carbons (Fsp3) is 0.429. The van der Waals surface area contributed by atoms with Gasteiger partial charge in [0.1, 0.15) is 0 Å². The number of carbonyl (C=O) groups is 2. The highest BCUT2D eigenvalue weighted by Crippen LogP contribution is 2.22. The Morgan fingerprint density at radius 2 is 1.95 bits per heavy atom. The number of likely N-dealkylation sites (N-methyl/N-ethyl adjacent to an activating group) is 2. The Bertz CT molecular complexity index is 520. The van der Waals surface area contributed by atoms with Crippen LogP contribution in [0.1, 0.15) is 6.42 Å². The maximum Gasteiger partial charge on any atom is 0.236 e. The molecule has 1 rings (SSSR count). The Labute approximate surface area is 129 Å². The van der Waals surface area contributed by atoms with Crippen molar-refractivity contribution in [2.75, 3.05) is 45.3 Å². The molecule has 0 saturated heterocycles. The van der Waals surface area contributed by atoms with Crippen molar-refractivity contribution in [3.05, 3.63) is 23.2 Å². The van der Waals surface area contributed by atoms with E-state index >= 15 is 0 Å². The van der Waals surface area contributed by atoms with Crippen molar-refractivity contribution in [3.8, 4) is 0 Å². The second kappa shape index (κ2) is 7.85. The Morgan fingerprint density at radius 3 is 2.52 bits per heavy atom. The maximum atomic E-state index is 11.8. The van der Waals surface area contributed by atoms with Crippen molar-refractivity contribution < 1.29 is 9.59 Å². The fourth-order valence-electron chi connectivity index (χ4n) is 1.59. The number of nitrogens with one attached hydrogen (secondary N) is 1. The molecule has 1 aromatic carbocycles. The van der Waals surface area contributed by atoms with Gasteiger partial charge >= 0.3 is 0 Å². The summed E-state index contributed by atoms with van der Waals surface area (Å²) < 4.78 is 0. The number of nitrogens with zero attached hydrogens (tertiary/aromatic N) is 2. The third-order valence-electron chi connectivity index (χ3n) is 2.90. The summed E-state index contributed by atoms with van der Waals surface area (Å²) in [6.07, 6.45) is 0.291. The van der Waals surface area contributed by atoms with Crippen LogP contribution in [0.5, 0.6) is 0 Å². The first-order chi connectivity index (χ1) is 9.79. The number of benzene rings is 1. The molecule has 2 amide bonds. The zero-order valence-electron chi connectivity index (χ0n) is 12.5. The predicted molar refractivity (Wildman–Crippen MR) is 85.3 cm³/mol. The molecular weight excluding hydrogens is 292 g/mol. The molecule has 0 aliphatic rings. The lowest BCUT2D eigenvalue weighted by molar-refractivity contribution is -0.130. The average molecular weight is 313 g/mol. The van der Waals surface area contributed by atoms with Crippen molar-refractivity contribution in [2.45, 2.75) is 6.42 Å². The molecule has 0 aliphatic heterocycles. The number of halogens is 1. The smallest absolute Gasteiger partial charge is 0.236 e. The van der Waals surface area contributed by atoms with E-state index in [2.05, 4.69) is 5.32 Å². The first-order valence-electron chi connectivity index (χ1n) is 6.53. The largest absolute Gasteiger partial charge is 0.397 e. The second-order valence-electron chi connectivity index (χ2n) is 5.06. The highest BCUT2D eigenvalue weighted by Gasteiger charge is 2.10. The lowest BCUT2D eigenvalue weighted by Crippen LogP contribution is -2.35. The van der Waals surface area contributed by atoms with Crippen LogP contribution in [0.3, 0.4) is 0 Å². The lowest BCUT2D eigenvalue weighted by Gasteiger charge is -2.18. The van der Waals surface area contributed by atoms with E-state index < -0.39 is 0 Å². The number of anilines is 2. The molecule has 0 unspecified atom stereocenters. The van der Waals surface area contributed by atoms with Crippen molar-refractivity contribution in [1.82, 2.24) is 9.80 Å². The zero-order valence-corrected chi connectivity index (χ0v) is 13.3. The van der Waals surface area contributed by atoms with E-state index in [-0.39, 0.29) is 18.4 Å². The molecule has 1 aromatic rings. The summed E-state index contributed by atoms with van der Waals surface area (Å²) in [5.41, 5.74) is 6.69. The summed E-state index contributed by atoms with van der Waals surface area (Å²) in [6.45, 7) is 0.780. The van der Waals surface area contributed by atoms with Crippen molar-refractivity contribution in [3.63, 3.8) is 0 Å². The summed E-state index contributed by atoms with van der Waals surface area (Å²) in [4.78, 5) is 26.7. The standard InChI is InChI=1S/C14H21ClN4O2/c1-18(2)14(21)9-19(3)7-6-13(20)17-10-4-5-11(15)12(16)8-10/h4-5,8H,6-7,9,16H2,1-3H3,(H,17,20). The molecule has 0 radical (unpaired) electrons. The monoisotopic (exact) mass is 312 g/mol. The molecule has 21 heavy (non-hydrogen) atoms. The molecule has 116 valence electrons. The quantitative estimate of drug-likeness (QED) is 0.775. The zero-order chi connectivity index (χ0) is 16.0. The van der Waals surface area contributed by atoms with Gasteiger partial charge in [0.15, 0.2) is 0 Å². The number of carbonyl (C=O) groups excluding carboxylic acids is 2. The number of hydrogen-bond acceptors (Lipinski definition) is 4. The Kier molecular flexibility index (Phi) is 6.45. The van der Waals surface area contributed by atoms with Gasteiger partial charge in [-0.1, -0.05) is 11.6 Å². The summed E-state index contributed by atoms with van der Waals surface area (Å²) in [5.74, 6) is -0.135. The summed E-state index contributed by atoms with van der Waals surface area (Å²) in [6, 6.07) is 4.93. The van der Waals surface area contributed by atoms with Crippen LogP contribution in [0.2, 0.25) is 5.02 Å². The number of amides is 2. The minimum atomic E-state index is -0.138. The highest BCUT2D eigenvalue weighted by atomic mass is 35.5. The van der Waals surface area contributed by atoms with E-state index in [0.717, 1.165) is 0 Å². The van der Waals surface area contributed by atoms with Gasteiger partial charge in [-0.25, -0.2) is 0 Å². The van der Waals surface area contributed by atoms with Crippen LogP contribution in [0.4, 0.5) is 11.4 Å². The molecule has 0 saturated carbocycles. The van der Waals surface area contributed by atoms with Gasteiger partial charge < -0.3 is 16.0 Å². The molecule has 0 aromatic heterocycles. The van der Waals surface area contributed by atoms with Crippen LogP contribution < -0.4 is 11.1 Å². The van der Waals surface area contributed by atoms with E-state index in [1.807, 2.05) is 0 Å². The molecule has 0 aliphatic carbocycles.